The molecule has 4 aliphatic rings. The molecule has 6 rings (SSSR count). The summed E-state index contributed by atoms with van der Waals surface area (Å²) in [5, 5.41) is 12.2. The molecule has 7 heteroatoms. The van der Waals surface area contributed by atoms with E-state index in [1.54, 1.807) is 12.4 Å². The van der Waals surface area contributed by atoms with Gasteiger partial charge in [0.15, 0.2) is 11.6 Å². The Morgan fingerprint density at radius 3 is 1.97 bits per heavy atom. The second kappa shape index (κ2) is 6.77. The molecule has 0 aliphatic carbocycles. The number of fused-ring (bicyclic) bond motifs is 5. The summed E-state index contributed by atoms with van der Waals surface area (Å²) in [6.45, 7) is 0. The molecule has 31 heavy (non-hydrogen) atoms. The average Bonchev–Trinajstić information content (AvgIpc) is 3.55. The highest BCUT2D eigenvalue weighted by molar-refractivity contribution is 6.20. The monoisotopic (exact) mass is 404 g/mol. The summed E-state index contributed by atoms with van der Waals surface area (Å²) >= 11 is 0. The molecule has 0 radical (unpaired) electrons. The third-order valence-corrected chi connectivity index (χ3v) is 5.08. The molecule has 148 valence electrons. The fourth-order valence-electron chi connectivity index (χ4n) is 3.68. The number of allylic oxidation sites excluding steroid dienone is 8. The van der Waals surface area contributed by atoms with E-state index in [0.717, 1.165) is 45.3 Å². The van der Waals surface area contributed by atoms with Gasteiger partial charge in [0.05, 0.1) is 39.6 Å². The summed E-state index contributed by atoms with van der Waals surface area (Å²) in [7, 11) is 0. The molecule has 3 N–H and O–H groups in total. The van der Waals surface area contributed by atoms with E-state index in [0.29, 0.717) is 11.0 Å². The smallest absolute Gasteiger partial charge is 0.173 e. The maximum atomic E-state index is 10.8. The van der Waals surface area contributed by atoms with Crippen molar-refractivity contribution in [2.45, 2.75) is 0 Å². The maximum Gasteiger partial charge on any atom is 0.173 e. The first kappa shape index (κ1) is 17.3. The number of rotatable bonds is 1. The number of nitrogens with one attached hydrogen (secondary N) is 2. The minimum atomic E-state index is 0.0566. The minimum absolute atomic E-state index is 0.0566. The minimum Gasteiger partial charge on any atom is -0.504 e. The van der Waals surface area contributed by atoms with Gasteiger partial charge < -0.3 is 15.1 Å². The predicted octanol–water partition coefficient (Wildman–Crippen LogP) is 2.39. The highest BCUT2D eigenvalue weighted by Crippen LogP contribution is 2.18. The van der Waals surface area contributed by atoms with E-state index < -0.39 is 0 Å². The number of hydrogen-bond acceptors (Lipinski definition) is 5. The average molecular weight is 404 g/mol. The molecule has 4 aliphatic heterocycles. The van der Waals surface area contributed by atoms with Gasteiger partial charge in [0.1, 0.15) is 0 Å². The number of aliphatic imine (C=N–C) groups is 3. The number of H-pyrrole nitrogens is 2. The first-order valence-electron chi connectivity index (χ1n) is 9.79. The van der Waals surface area contributed by atoms with Crippen LogP contribution in [0, 0.1) is 0 Å². The number of aliphatic hydroxyl groups excluding tert-OH is 1. The van der Waals surface area contributed by atoms with Crippen molar-refractivity contribution in [1.29, 1.82) is 0 Å². The summed E-state index contributed by atoms with van der Waals surface area (Å²) in [6, 6.07) is 1.88. The first-order chi connectivity index (χ1) is 15.2. The van der Waals surface area contributed by atoms with Gasteiger partial charge in [-0.1, -0.05) is 0 Å². The number of hydrogen-bond donors (Lipinski definition) is 3. The summed E-state index contributed by atoms with van der Waals surface area (Å²) < 4.78 is 0. The fraction of sp³-hybridized carbons (Fsp3) is 0. The van der Waals surface area contributed by atoms with Crippen molar-refractivity contribution in [3.8, 4) is 0 Å². The van der Waals surface area contributed by atoms with Gasteiger partial charge in [0.2, 0.25) is 0 Å². The Morgan fingerprint density at radius 2 is 1.35 bits per heavy atom. The zero-order valence-electron chi connectivity index (χ0n) is 16.2. The molecule has 0 unspecified atom stereocenters. The normalized spacial score (nSPS) is 19.4. The molecule has 0 amide bonds. The zero-order chi connectivity index (χ0) is 20.8. The molecule has 2 aromatic heterocycles. The molecule has 0 atom stereocenters. The van der Waals surface area contributed by atoms with Gasteiger partial charge in [-0.3, -0.25) is 0 Å². The maximum absolute atomic E-state index is 10.8. The van der Waals surface area contributed by atoms with Crippen LogP contribution in [0.15, 0.2) is 99.1 Å². The topological polar surface area (TPSA) is 102 Å². The zero-order valence-corrected chi connectivity index (χ0v) is 16.2. The van der Waals surface area contributed by atoms with Gasteiger partial charge in [-0.25, -0.2) is 20.0 Å². The molecular weight excluding hydrogens is 388 g/mol. The Morgan fingerprint density at radius 1 is 0.742 bits per heavy atom. The second-order valence-electron chi connectivity index (χ2n) is 7.30. The van der Waals surface area contributed by atoms with Gasteiger partial charge in [-0.2, -0.15) is 0 Å². The lowest BCUT2D eigenvalue weighted by Crippen LogP contribution is -2.26. The molecule has 0 fully saturated rings. The fourth-order valence-corrected chi connectivity index (χ4v) is 3.68. The van der Waals surface area contributed by atoms with Crippen molar-refractivity contribution in [2.75, 3.05) is 0 Å². The van der Waals surface area contributed by atoms with E-state index in [9.17, 15) is 5.11 Å². The molecular formula is C24H16N6O. The lowest BCUT2D eigenvalue weighted by atomic mass is 10.2. The second-order valence-corrected chi connectivity index (χ2v) is 7.30. The SMILES string of the molecule is OC(c1ncc[nH]1)=c1cc2[nH]c1=CC1=NC(=CC3=NC(=CC4=NC(=C2)C=C4)C=C3)C=C1. The molecule has 0 aromatic carbocycles. The van der Waals surface area contributed by atoms with E-state index in [4.69, 9.17) is 0 Å². The third kappa shape index (κ3) is 3.28. The van der Waals surface area contributed by atoms with Crippen LogP contribution in [0.5, 0.6) is 0 Å². The number of aromatic nitrogens is 3. The number of nitrogens with zero attached hydrogens (tertiary/aromatic N) is 4. The Kier molecular flexibility index (Phi) is 3.79. The quantitative estimate of drug-likeness (QED) is 0.680. The lowest BCUT2D eigenvalue weighted by Gasteiger charge is -1.93. The van der Waals surface area contributed by atoms with Crippen LogP contribution in [0.1, 0.15) is 11.5 Å². The third-order valence-electron chi connectivity index (χ3n) is 5.08. The Bertz CT molecular complexity index is 1510. The molecule has 8 bridgehead atoms. The molecule has 2 aromatic rings. The van der Waals surface area contributed by atoms with Gasteiger partial charge in [-0.05, 0) is 66.8 Å². The van der Waals surface area contributed by atoms with Crippen LogP contribution in [0.25, 0.3) is 17.9 Å². The lowest BCUT2D eigenvalue weighted by molar-refractivity contribution is 0.501. The number of imidazole rings is 1. The van der Waals surface area contributed by atoms with Crippen molar-refractivity contribution in [1.82, 2.24) is 15.0 Å². The van der Waals surface area contributed by atoms with Crippen molar-refractivity contribution >= 4 is 35.0 Å². The van der Waals surface area contributed by atoms with Crippen LogP contribution in [0.4, 0.5) is 0 Å². The van der Waals surface area contributed by atoms with Crippen LogP contribution >= 0.6 is 0 Å². The highest BCUT2D eigenvalue weighted by Gasteiger charge is 2.11. The van der Waals surface area contributed by atoms with Crippen LogP contribution in [-0.4, -0.2) is 37.2 Å². The molecule has 0 saturated heterocycles. The summed E-state index contributed by atoms with van der Waals surface area (Å²) in [5.41, 5.74) is 5.73. The van der Waals surface area contributed by atoms with E-state index in [-0.39, 0.29) is 5.76 Å². The summed E-state index contributed by atoms with van der Waals surface area (Å²) in [4.78, 5) is 24.4. The highest BCUT2D eigenvalue weighted by atomic mass is 16.3. The summed E-state index contributed by atoms with van der Waals surface area (Å²) in [6.07, 6.45) is 22.7. The van der Waals surface area contributed by atoms with Crippen LogP contribution in [-0.2, 0) is 0 Å². The van der Waals surface area contributed by atoms with Gasteiger partial charge in [-0.15, -0.1) is 0 Å². The first-order valence-corrected chi connectivity index (χ1v) is 9.79. The van der Waals surface area contributed by atoms with Crippen LogP contribution in [0.2, 0.25) is 0 Å². The Labute approximate surface area is 176 Å². The predicted molar refractivity (Wildman–Crippen MR) is 122 cm³/mol. The van der Waals surface area contributed by atoms with E-state index in [1.165, 1.54) is 0 Å². The number of aromatic amines is 2. The van der Waals surface area contributed by atoms with E-state index >= 15 is 0 Å². The van der Waals surface area contributed by atoms with Crippen molar-refractivity contribution in [3.63, 3.8) is 0 Å². The van der Waals surface area contributed by atoms with Crippen molar-refractivity contribution < 1.29 is 5.11 Å². The van der Waals surface area contributed by atoms with Gasteiger partial charge in [0.25, 0.3) is 0 Å². The Balaban J connectivity index is 1.60. The standard InChI is InChI=1S/C24H16N6O/c31-23(24-25-7-8-26-24)21-12-20-11-18-4-3-16(28-18)9-14-1-2-15(27-14)10-17-5-6-19(29-17)13-22(21)30-20/h1-13,30-31H,(H,25,26). The van der Waals surface area contributed by atoms with Crippen molar-refractivity contribution in [2.24, 2.45) is 15.0 Å². The van der Waals surface area contributed by atoms with E-state index in [2.05, 4.69) is 29.9 Å². The number of aliphatic hydroxyl groups is 1. The molecule has 7 nitrogen and oxygen atoms in total. The van der Waals surface area contributed by atoms with E-state index in [1.807, 2.05) is 66.8 Å². The van der Waals surface area contributed by atoms with Gasteiger partial charge in [0, 0.05) is 23.3 Å². The van der Waals surface area contributed by atoms with Crippen LogP contribution in [0.3, 0.4) is 0 Å². The van der Waals surface area contributed by atoms with Gasteiger partial charge >= 0.3 is 0 Å². The summed E-state index contributed by atoms with van der Waals surface area (Å²) in [5.74, 6) is 0.456. The Hall–Kier alpha value is -4.52. The largest absolute Gasteiger partial charge is 0.504 e. The molecule has 0 spiro atoms. The molecule has 0 saturated carbocycles. The van der Waals surface area contributed by atoms with Crippen LogP contribution < -0.4 is 10.6 Å². The molecule has 6 heterocycles. The van der Waals surface area contributed by atoms with Crippen molar-refractivity contribution in [3.05, 3.63) is 106 Å².